The van der Waals surface area contributed by atoms with Gasteiger partial charge in [0.2, 0.25) is 0 Å². The summed E-state index contributed by atoms with van der Waals surface area (Å²) < 4.78 is 0. The van der Waals surface area contributed by atoms with Gasteiger partial charge in [0.05, 0.1) is 0 Å². The Hall–Kier alpha value is -3.30. The van der Waals surface area contributed by atoms with E-state index in [1.165, 1.54) is 0 Å². The summed E-state index contributed by atoms with van der Waals surface area (Å²) in [5.41, 5.74) is 7.37. The van der Waals surface area contributed by atoms with Gasteiger partial charge in [0.1, 0.15) is 11.6 Å². The zero-order chi connectivity index (χ0) is 18.4. The van der Waals surface area contributed by atoms with Gasteiger partial charge in [-0.2, -0.15) is 5.26 Å². The lowest BCUT2D eigenvalue weighted by molar-refractivity contribution is -0.112. The van der Waals surface area contributed by atoms with Crippen molar-refractivity contribution in [1.82, 2.24) is 5.32 Å². The summed E-state index contributed by atoms with van der Waals surface area (Å²) in [5.74, 6) is -1.11. The first-order chi connectivity index (χ1) is 11.9. The molecular formula is C18H15ClN4O2. The molecule has 0 fully saturated rings. The van der Waals surface area contributed by atoms with E-state index < -0.39 is 11.8 Å². The van der Waals surface area contributed by atoms with Crippen LogP contribution in [0.3, 0.4) is 0 Å². The Morgan fingerprint density at radius 2 is 1.88 bits per heavy atom. The first-order valence-electron chi connectivity index (χ1n) is 7.25. The van der Waals surface area contributed by atoms with Gasteiger partial charge in [0, 0.05) is 28.2 Å². The van der Waals surface area contributed by atoms with Crippen LogP contribution in [0.15, 0.2) is 54.2 Å². The molecule has 2 amide bonds. The largest absolute Gasteiger partial charge is 0.399 e. The molecule has 7 heteroatoms. The number of anilines is 2. The molecular weight excluding hydrogens is 340 g/mol. The van der Waals surface area contributed by atoms with E-state index in [2.05, 4.69) is 10.6 Å². The SMILES string of the molecule is Cc1c(Cl)cccc1NC(=O)/C(C#N)=C\NC(=O)c1ccc(N)cc1. The van der Waals surface area contributed by atoms with Crippen molar-refractivity contribution in [2.45, 2.75) is 6.92 Å². The van der Waals surface area contributed by atoms with Crippen LogP contribution in [0.5, 0.6) is 0 Å². The molecule has 0 saturated carbocycles. The van der Waals surface area contributed by atoms with Crippen LogP contribution in [-0.2, 0) is 4.79 Å². The second-order valence-corrected chi connectivity index (χ2v) is 5.54. The van der Waals surface area contributed by atoms with E-state index in [4.69, 9.17) is 22.6 Å². The topological polar surface area (TPSA) is 108 Å². The molecule has 0 bridgehead atoms. The average molecular weight is 355 g/mol. The maximum absolute atomic E-state index is 12.2. The minimum Gasteiger partial charge on any atom is -0.399 e. The predicted molar refractivity (Wildman–Crippen MR) is 96.8 cm³/mol. The number of hydrogen-bond donors (Lipinski definition) is 3. The Morgan fingerprint density at radius 1 is 1.20 bits per heavy atom. The van der Waals surface area contributed by atoms with Gasteiger partial charge in [-0.25, -0.2) is 0 Å². The van der Waals surface area contributed by atoms with Gasteiger partial charge < -0.3 is 16.4 Å². The number of carbonyl (C=O) groups is 2. The van der Waals surface area contributed by atoms with Crippen molar-refractivity contribution in [3.63, 3.8) is 0 Å². The lowest BCUT2D eigenvalue weighted by atomic mass is 10.2. The van der Waals surface area contributed by atoms with Gasteiger partial charge in [0.25, 0.3) is 11.8 Å². The van der Waals surface area contributed by atoms with Gasteiger partial charge >= 0.3 is 0 Å². The van der Waals surface area contributed by atoms with E-state index in [-0.39, 0.29) is 5.57 Å². The van der Waals surface area contributed by atoms with E-state index in [0.29, 0.717) is 27.5 Å². The van der Waals surface area contributed by atoms with Gasteiger partial charge in [0.15, 0.2) is 0 Å². The number of halogens is 1. The van der Waals surface area contributed by atoms with E-state index in [1.807, 2.05) is 0 Å². The van der Waals surface area contributed by atoms with Crippen molar-refractivity contribution < 1.29 is 9.59 Å². The molecule has 0 radical (unpaired) electrons. The Balaban J connectivity index is 2.10. The van der Waals surface area contributed by atoms with Gasteiger partial charge in [-0.05, 0) is 48.9 Å². The van der Waals surface area contributed by atoms with Crippen molar-refractivity contribution in [2.24, 2.45) is 0 Å². The molecule has 4 N–H and O–H groups in total. The van der Waals surface area contributed by atoms with Gasteiger partial charge in [-0.3, -0.25) is 9.59 Å². The molecule has 2 rings (SSSR count). The number of nitrogens with zero attached hydrogens (tertiary/aromatic N) is 1. The lowest BCUT2D eigenvalue weighted by Crippen LogP contribution is -2.21. The average Bonchev–Trinajstić information content (AvgIpc) is 2.60. The summed E-state index contributed by atoms with van der Waals surface area (Å²) in [4.78, 5) is 24.2. The van der Waals surface area contributed by atoms with E-state index in [0.717, 1.165) is 6.20 Å². The quantitative estimate of drug-likeness (QED) is 0.445. The molecule has 126 valence electrons. The Kier molecular flexibility index (Phi) is 5.77. The van der Waals surface area contributed by atoms with E-state index in [1.54, 1.807) is 55.5 Å². The smallest absolute Gasteiger partial charge is 0.267 e. The third kappa shape index (κ3) is 4.59. The lowest BCUT2D eigenvalue weighted by Gasteiger charge is -2.09. The summed E-state index contributed by atoms with van der Waals surface area (Å²) in [6.45, 7) is 1.75. The van der Waals surface area contributed by atoms with Gasteiger partial charge in [-0.1, -0.05) is 17.7 Å². The second kappa shape index (κ2) is 7.99. The first-order valence-corrected chi connectivity index (χ1v) is 7.63. The zero-order valence-corrected chi connectivity index (χ0v) is 14.1. The fraction of sp³-hybridized carbons (Fsp3) is 0.0556. The van der Waals surface area contributed by atoms with Crippen LogP contribution in [0, 0.1) is 18.3 Å². The van der Waals surface area contributed by atoms with Crippen molar-refractivity contribution in [1.29, 1.82) is 5.26 Å². The molecule has 25 heavy (non-hydrogen) atoms. The molecule has 0 saturated heterocycles. The minimum atomic E-state index is -0.648. The highest BCUT2D eigenvalue weighted by Gasteiger charge is 2.12. The Morgan fingerprint density at radius 3 is 2.52 bits per heavy atom. The first kappa shape index (κ1) is 18.0. The maximum atomic E-state index is 12.2. The van der Waals surface area contributed by atoms with E-state index >= 15 is 0 Å². The number of nitriles is 1. The summed E-state index contributed by atoms with van der Waals surface area (Å²) in [6, 6.07) is 13.0. The van der Waals surface area contributed by atoms with Crippen LogP contribution >= 0.6 is 11.6 Å². The van der Waals surface area contributed by atoms with Crippen molar-refractivity contribution in [3.05, 3.63) is 70.4 Å². The Bertz CT molecular complexity index is 883. The number of nitrogens with one attached hydrogen (secondary N) is 2. The molecule has 0 atom stereocenters. The second-order valence-electron chi connectivity index (χ2n) is 5.13. The molecule has 2 aromatic carbocycles. The molecule has 0 unspecified atom stereocenters. The van der Waals surface area contributed by atoms with Crippen LogP contribution in [-0.4, -0.2) is 11.8 Å². The molecule has 6 nitrogen and oxygen atoms in total. The van der Waals surface area contributed by atoms with Crippen LogP contribution in [0.1, 0.15) is 15.9 Å². The Labute approximate surface area is 149 Å². The molecule has 0 heterocycles. The normalized spacial score (nSPS) is 10.7. The van der Waals surface area contributed by atoms with Gasteiger partial charge in [-0.15, -0.1) is 0 Å². The fourth-order valence-electron chi connectivity index (χ4n) is 1.94. The zero-order valence-electron chi connectivity index (χ0n) is 13.3. The summed E-state index contributed by atoms with van der Waals surface area (Å²) in [5, 5.41) is 14.6. The number of hydrogen-bond acceptors (Lipinski definition) is 4. The summed E-state index contributed by atoms with van der Waals surface area (Å²) in [7, 11) is 0. The summed E-state index contributed by atoms with van der Waals surface area (Å²) >= 11 is 6.00. The van der Waals surface area contributed by atoms with Crippen molar-refractivity contribution in [3.8, 4) is 6.07 Å². The number of rotatable bonds is 4. The molecule has 0 aliphatic carbocycles. The highest BCUT2D eigenvalue weighted by Crippen LogP contribution is 2.23. The standard InChI is InChI=1S/C18H15ClN4O2/c1-11-15(19)3-2-4-16(11)23-18(25)13(9-20)10-22-17(24)12-5-7-14(21)8-6-12/h2-8,10H,21H2,1H3,(H,22,24)(H,23,25)/b13-10-. The van der Waals surface area contributed by atoms with Crippen LogP contribution in [0.2, 0.25) is 5.02 Å². The maximum Gasteiger partial charge on any atom is 0.267 e. The minimum absolute atomic E-state index is 0.247. The molecule has 0 spiro atoms. The molecule has 0 aliphatic heterocycles. The molecule has 2 aromatic rings. The van der Waals surface area contributed by atoms with Crippen LogP contribution in [0.25, 0.3) is 0 Å². The van der Waals surface area contributed by atoms with Crippen LogP contribution in [0.4, 0.5) is 11.4 Å². The fourth-order valence-corrected chi connectivity index (χ4v) is 2.11. The number of nitrogen functional groups attached to an aromatic ring is 1. The van der Waals surface area contributed by atoms with Crippen molar-refractivity contribution in [2.75, 3.05) is 11.1 Å². The molecule has 0 aliphatic rings. The number of nitrogens with two attached hydrogens (primary N) is 1. The predicted octanol–water partition coefficient (Wildman–Crippen LogP) is 3.01. The summed E-state index contributed by atoms with van der Waals surface area (Å²) in [6.07, 6.45) is 1.06. The number of benzene rings is 2. The third-order valence-corrected chi connectivity index (χ3v) is 3.81. The number of carbonyl (C=O) groups excluding carboxylic acids is 2. The number of amides is 2. The monoisotopic (exact) mass is 354 g/mol. The van der Waals surface area contributed by atoms with Crippen molar-refractivity contribution >= 4 is 34.8 Å². The highest BCUT2D eigenvalue weighted by atomic mass is 35.5. The van der Waals surface area contributed by atoms with Crippen LogP contribution < -0.4 is 16.4 Å². The highest BCUT2D eigenvalue weighted by molar-refractivity contribution is 6.31. The third-order valence-electron chi connectivity index (χ3n) is 3.40. The molecule has 0 aromatic heterocycles. The van der Waals surface area contributed by atoms with E-state index in [9.17, 15) is 9.59 Å².